The number of carbonyl (C=O) groups is 1. The van der Waals surface area contributed by atoms with Crippen LogP contribution in [0.3, 0.4) is 0 Å². The van der Waals surface area contributed by atoms with Crippen molar-refractivity contribution in [3.05, 3.63) is 41.0 Å². The van der Waals surface area contributed by atoms with Gasteiger partial charge in [-0.2, -0.15) is 0 Å². The molecule has 0 radical (unpaired) electrons. The molecule has 4 nitrogen and oxygen atoms in total. The van der Waals surface area contributed by atoms with Crippen molar-refractivity contribution in [1.82, 2.24) is 0 Å². The monoisotopic (exact) mass is 273 g/mol. The molecule has 0 aliphatic carbocycles. The lowest BCUT2D eigenvalue weighted by molar-refractivity contribution is 0.0703. The fourth-order valence-corrected chi connectivity index (χ4v) is 3.18. The number of thiophene rings is 1. The van der Waals surface area contributed by atoms with Crippen LogP contribution in [0.4, 0.5) is 5.69 Å². The lowest BCUT2D eigenvalue weighted by atomic mass is 10.1. The maximum atomic E-state index is 11.1. The van der Waals surface area contributed by atoms with Crippen LogP contribution in [0, 0.1) is 6.92 Å². The molecule has 0 atom stereocenters. The maximum absolute atomic E-state index is 11.1. The molecule has 0 saturated heterocycles. The lowest BCUT2D eigenvalue weighted by Gasteiger charge is -1.96. The van der Waals surface area contributed by atoms with E-state index in [4.69, 9.17) is 15.3 Å². The Labute approximate surface area is 113 Å². The number of anilines is 1. The molecule has 0 unspecified atom stereocenters. The number of fused-ring (bicyclic) bond motifs is 1. The Hall–Kier alpha value is -2.27. The number of carboxylic acid groups (broad SMARTS) is 1. The summed E-state index contributed by atoms with van der Waals surface area (Å²) < 4.78 is 5.49. The van der Waals surface area contributed by atoms with Crippen molar-refractivity contribution >= 4 is 34.0 Å². The van der Waals surface area contributed by atoms with E-state index in [0.717, 1.165) is 27.0 Å². The number of nitrogens with two attached hydrogens (primary N) is 1. The first-order valence-corrected chi connectivity index (χ1v) is 6.50. The molecule has 0 spiro atoms. The van der Waals surface area contributed by atoms with Gasteiger partial charge in [0.25, 0.3) is 0 Å². The van der Waals surface area contributed by atoms with Crippen molar-refractivity contribution < 1.29 is 14.3 Å². The van der Waals surface area contributed by atoms with Gasteiger partial charge in [0.2, 0.25) is 0 Å². The van der Waals surface area contributed by atoms with Crippen molar-refractivity contribution in [1.29, 1.82) is 0 Å². The fourth-order valence-electron chi connectivity index (χ4n) is 2.10. The first kappa shape index (κ1) is 11.8. The smallest absolute Gasteiger partial charge is 0.348 e. The summed E-state index contributed by atoms with van der Waals surface area (Å²) in [4.78, 5) is 12.2. The minimum Gasteiger partial charge on any atom is -0.477 e. The van der Waals surface area contributed by atoms with Crippen LogP contribution in [0.2, 0.25) is 0 Å². The topological polar surface area (TPSA) is 76.5 Å². The third-order valence-electron chi connectivity index (χ3n) is 3.11. The van der Waals surface area contributed by atoms with Crippen LogP contribution >= 0.6 is 11.3 Å². The zero-order valence-electron chi connectivity index (χ0n) is 10.1. The van der Waals surface area contributed by atoms with Crippen molar-refractivity contribution in [3.8, 4) is 10.4 Å². The summed E-state index contributed by atoms with van der Waals surface area (Å²) in [6.07, 6.45) is 1.65. The van der Waals surface area contributed by atoms with Gasteiger partial charge >= 0.3 is 5.97 Å². The van der Waals surface area contributed by atoms with E-state index in [-0.39, 0.29) is 4.88 Å². The average Bonchev–Trinajstić information content (AvgIpc) is 2.93. The van der Waals surface area contributed by atoms with Crippen LogP contribution in [0.5, 0.6) is 0 Å². The zero-order chi connectivity index (χ0) is 13.6. The molecule has 0 aliphatic heterocycles. The molecule has 0 bridgehead atoms. The van der Waals surface area contributed by atoms with E-state index in [1.54, 1.807) is 6.26 Å². The van der Waals surface area contributed by atoms with Gasteiger partial charge in [0.15, 0.2) is 0 Å². The number of furan rings is 1. The van der Waals surface area contributed by atoms with Gasteiger partial charge in [0.1, 0.15) is 16.7 Å². The normalized spacial score (nSPS) is 11.0. The van der Waals surface area contributed by atoms with Crippen molar-refractivity contribution in [3.63, 3.8) is 0 Å². The highest BCUT2D eigenvalue weighted by atomic mass is 32.1. The third-order valence-corrected chi connectivity index (χ3v) is 4.44. The highest BCUT2D eigenvalue weighted by molar-refractivity contribution is 7.18. The molecule has 2 heterocycles. The van der Waals surface area contributed by atoms with Gasteiger partial charge in [-0.3, -0.25) is 0 Å². The van der Waals surface area contributed by atoms with E-state index in [1.807, 2.05) is 31.2 Å². The Balaban J connectivity index is 2.28. The van der Waals surface area contributed by atoms with E-state index < -0.39 is 5.97 Å². The second-order valence-corrected chi connectivity index (χ2v) is 5.27. The van der Waals surface area contributed by atoms with Crippen LogP contribution in [-0.2, 0) is 0 Å². The number of benzene rings is 1. The number of aromatic carboxylic acids is 1. The number of rotatable bonds is 2. The largest absolute Gasteiger partial charge is 0.477 e. The molecule has 96 valence electrons. The highest BCUT2D eigenvalue weighted by Crippen LogP contribution is 2.41. The minimum atomic E-state index is -0.996. The number of nitrogen functional groups attached to an aromatic ring is 1. The molecule has 3 aromatic rings. The average molecular weight is 273 g/mol. The van der Waals surface area contributed by atoms with Gasteiger partial charge in [0.05, 0.1) is 5.69 Å². The second-order valence-electron chi connectivity index (χ2n) is 4.25. The molecule has 3 rings (SSSR count). The van der Waals surface area contributed by atoms with Gasteiger partial charge < -0.3 is 15.3 Å². The second kappa shape index (κ2) is 4.13. The predicted octanol–water partition coefficient (Wildman–Crippen LogP) is 3.75. The van der Waals surface area contributed by atoms with Gasteiger partial charge in [-0.25, -0.2) is 4.79 Å². The van der Waals surface area contributed by atoms with E-state index in [0.29, 0.717) is 5.69 Å². The standard InChI is InChI=1S/C14H11NO3S/c1-7-11(15)13(14(16)17)19-12(7)9-6-18-10-5-3-2-4-8(9)10/h2-6H,15H2,1H3,(H,16,17). The molecular formula is C14H11NO3S. The Morgan fingerprint density at radius 2 is 2.11 bits per heavy atom. The van der Waals surface area contributed by atoms with E-state index in [2.05, 4.69) is 0 Å². The zero-order valence-corrected chi connectivity index (χ0v) is 11.0. The van der Waals surface area contributed by atoms with Crippen molar-refractivity contribution in [2.24, 2.45) is 0 Å². The first-order valence-electron chi connectivity index (χ1n) is 5.68. The molecule has 3 N–H and O–H groups in total. The molecule has 0 aliphatic rings. The van der Waals surface area contributed by atoms with Gasteiger partial charge in [-0.15, -0.1) is 11.3 Å². The predicted molar refractivity (Wildman–Crippen MR) is 75.6 cm³/mol. The summed E-state index contributed by atoms with van der Waals surface area (Å²) in [6.45, 7) is 1.83. The summed E-state index contributed by atoms with van der Waals surface area (Å²) in [5.41, 5.74) is 8.64. The van der Waals surface area contributed by atoms with Crippen molar-refractivity contribution in [2.45, 2.75) is 6.92 Å². The number of hydrogen-bond acceptors (Lipinski definition) is 4. The quantitative estimate of drug-likeness (QED) is 0.745. The summed E-state index contributed by atoms with van der Waals surface area (Å²) in [7, 11) is 0. The van der Waals surface area contributed by atoms with Crippen LogP contribution in [0.1, 0.15) is 15.2 Å². The van der Waals surface area contributed by atoms with Gasteiger partial charge in [-0.1, -0.05) is 18.2 Å². The number of hydrogen-bond donors (Lipinski definition) is 2. The third kappa shape index (κ3) is 1.70. The van der Waals surface area contributed by atoms with E-state index >= 15 is 0 Å². The van der Waals surface area contributed by atoms with Crippen molar-refractivity contribution in [2.75, 3.05) is 5.73 Å². The van der Waals surface area contributed by atoms with E-state index in [1.165, 1.54) is 11.3 Å². The molecule has 5 heteroatoms. The number of para-hydroxylation sites is 1. The van der Waals surface area contributed by atoms with Crippen LogP contribution in [-0.4, -0.2) is 11.1 Å². The van der Waals surface area contributed by atoms with Crippen LogP contribution < -0.4 is 5.73 Å². The van der Waals surface area contributed by atoms with E-state index in [9.17, 15) is 4.79 Å². The van der Waals surface area contributed by atoms with Gasteiger partial charge in [-0.05, 0) is 18.6 Å². The summed E-state index contributed by atoms with van der Waals surface area (Å²) in [6, 6.07) is 7.65. The molecule has 1 aromatic carbocycles. The van der Waals surface area contributed by atoms with Crippen LogP contribution in [0.15, 0.2) is 34.9 Å². The lowest BCUT2D eigenvalue weighted by Crippen LogP contribution is -1.97. The summed E-state index contributed by atoms with van der Waals surface area (Å²) in [5.74, 6) is -0.996. The highest BCUT2D eigenvalue weighted by Gasteiger charge is 2.20. The molecule has 19 heavy (non-hydrogen) atoms. The number of carboxylic acids is 1. The molecule has 2 aromatic heterocycles. The minimum absolute atomic E-state index is 0.179. The Kier molecular flexibility index (Phi) is 2.57. The van der Waals surface area contributed by atoms with Gasteiger partial charge in [0, 0.05) is 15.8 Å². The molecule has 0 amide bonds. The SMILES string of the molecule is Cc1c(-c2coc3ccccc23)sc(C(=O)O)c1N. The first-order chi connectivity index (χ1) is 9.09. The summed E-state index contributed by atoms with van der Waals surface area (Å²) in [5, 5.41) is 10.1. The summed E-state index contributed by atoms with van der Waals surface area (Å²) >= 11 is 1.18. The Morgan fingerprint density at radius 3 is 2.79 bits per heavy atom. The van der Waals surface area contributed by atoms with Crippen LogP contribution in [0.25, 0.3) is 21.4 Å². The molecule has 0 saturated carbocycles. The Morgan fingerprint density at radius 1 is 1.37 bits per heavy atom. The maximum Gasteiger partial charge on any atom is 0.348 e. The molecular weight excluding hydrogens is 262 g/mol. The Bertz CT molecular complexity index is 785. The fraction of sp³-hybridized carbons (Fsp3) is 0.0714. The molecule has 0 fully saturated rings.